The molecule has 11 rings (SSSR count). The highest BCUT2D eigenvalue weighted by molar-refractivity contribution is 6.34. The first kappa shape index (κ1) is 24.8. The number of nitrogens with zero attached hydrogens (tertiary/aromatic N) is 6. The minimum absolute atomic E-state index is 0.922. The molecule has 0 unspecified atom stereocenters. The summed E-state index contributed by atoms with van der Waals surface area (Å²) in [5, 5.41) is 8.19. The Bertz CT molecular complexity index is 3060. The Morgan fingerprint density at radius 3 is 1.91 bits per heavy atom. The third-order valence-electron chi connectivity index (χ3n) is 9.76. The van der Waals surface area contributed by atoms with Gasteiger partial charge in [0.15, 0.2) is 0 Å². The maximum atomic E-state index is 5.17. The number of pyridine rings is 3. The third kappa shape index (κ3) is 3.16. The van der Waals surface area contributed by atoms with Gasteiger partial charge in [-0.25, -0.2) is 4.98 Å². The van der Waals surface area contributed by atoms with Crippen molar-refractivity contribution in [3.63, 3.8) is 0 Å². The van der Waals surface area contributed by atoms with Crippen LogP contribution in [0.15, 0.2) is 146 Å². The van der Waals surface area contributed by atoms with Gasteiger partial charge >= 0.3 is 0 Å². The normalized spacial score (nSPS) is 12.3. The second kappa shape index (κ2) is 9.02. The third-order valence-corrected chi connectivity index (χ3v) is 9.76. The minimum atomic E-state index is 0.922. The first-order chi connectivity index (χ1) is 23.4. The first-order valence-electron chi connectivity index (χ1n) is 15.8. The zero-order valence-electron chi connectivity index (χ0n) is 25.0. The van der Waals surface area contributed by atoms with Crippen LogP contribution in [0.2, 0.25) is 0 Å². The van der Waals surface area contributed by atoms with Crippen molar-refractivity contribution in [2.75, 3.05) is 0 Å². The van der Waals surface area contributed by atoms with Crippen LogP contribution in [0.1, 0.15) is 0 Å². The van der Waals surface area contributed by atoms with Crippen LogP contribution in [-0.2, 0) is 0 Å². The molecule has 6 heterocycles. The molecular weight excluding hydrogens is 576 g/mol. The van der Waals surface area contributed by atoms with Crippen LogP contribution in [-0.4, -0.2) is 28.5 Å². The number of rotatable bonds is 2. The van der Waals surface area contributed by atoms with Crippen molar-refractivity contribution >= 4 is 82.0 Å². The summed E-state index contributed by atoms with van der Waals surface area (Å²) in [5.41, 5.74) is 10.9. The first-order valence-corrected chi connectivity index (χ1v) is 15.8. The maximum Gasteiger partial charge on any atom is 0.146 e. The monoisotopic (exact) mass is 600 g/mol. The van der Waals surface area contributed by atoms with Gasteiger partial charge in [-0.2, -0.15) is 0 Å². The van der Waals surface area contributed by atoms with Crippen LogP contribution >= 0.6 is 0 Å². The molecule has 11 aromatic rings. The summed E-state index contributed by atoms with van der Waals surface area (Å²) < 4.78 is 7.07. The second-order valence-electron chi connectivity index (χ2n) is 12.1. The molecule has 5 aromatic carbocycles. The molecule has 0 N–H and O–H groups in total. The average molecular weight is 601 g/mol. The Morgan fingerprint density at radius 2 is 1.09 bits per heavy atom. The van der Waals surface area contributed by atoms with Gasteiger partial charge in [0, 0.05) is 67.7 Å². The molecule has 0 bridgehead atoms. The van der Waals surface area contributed by atoms with Crippen LogP contribution < -0.4 is 0 Å². The second-order valence-corrected chi connectivity index (χ2v) is 12.1. The Hall–Kier alpha value is -6.53. The average Bonchev–Trinajstić information content (AvgIpc) is 3.80. The number of aromatic nitrogens is 6. The molecule has 218 valence electrons. The van der Waals surface area contributed by atoms with E-state index in [2.05, 4.69) is 139 Å². The van der Waals surface area contributed by atoms with Gasteiger partial charge in [0.1, 0.15) is 5.65 Å². The van der Waals surface area contributed by atoms with E-state index in [1.807, 2.05) is 30.9 Å². The fourth-order valence-corrected chi connectivity index (χ4v) is 7.94. The van der Waals surface area contributed by atoms with Crippen molar-refractivity contribution < 1.29 is 0 Å². The molecule has 47 heavy (non-hydrogen) atoms. The molecule has 0 saturated heterocycles. The summed E-state index contributed by atoms with van der Waals surface area (Å²) in [6.07, 6.45) is 7.58. The van der Waals surface area contributed by atoms with Gasteiger partial charge in [0.05, 0.1) is 44.8 Å². The quantitative estimate of drug-likeness (QED) is 0.186. The fourth-order valence-electron chi connectivity index (χ4n) is 7.94. The van der Waals surface area contributed by atoms with Crippen LogP contribution in [0.25, 0.3) is 93.3 Å². The highest BCUT2D eigenvalue weighted by Crippen LogP contribution is 2.46. The van der Waals surface area contributed by atoms with E-state index < -0.39 is 0 Å². The summed E-state index contributed by atoms with van der Waals surface area (Å²) in [6.45, 7) is 0. The molecule has 6 nitrogen and oxygen atoms in total. The molecule has 0 atom stereocenters. The molecule has 0 fully saturated rings. The van der Waals surface area contributed by atoms with Crippen LogP contribution in [0, 0.1) is 0 Å². The van der Waals surface area contributed by atoms with Gasteiger partial charge < -0.3 is 9.13 Å². The van der Waals surface area contributed by atoms with Gasteiger partial charge in [-0.1, -0.05) is 60.7 Å². The van der Waals surface area contributed by atoms with Crippen molar-refractivity contribution in [2.24, 2.45) is 0 Å². The lowest BCUT2D eigenvalue weighted by atomic mass is 10.00. The summed E-state index contributed by atoms with van der Waals surface area (Å²) in [7, 11) is 0. The molecule has 0 saturated carbocycles. The SMILES string of the molecule is c1ccc(-n2c3ccccc3c3c2ccc2c4c5c6cnccc6n6c7cnccc7nc6c5ccc4n(-c4ccccc4)c23)cc1. The van der Waals surface area contributed by atoms with Gasteiger partial charge in [0.25, 0.3) is 0 Å². The molecule has 6 heteroatoms. The highest BCUT2D eigenvalue weighted by Gasteiger charge is 2.24. The molecule has 0 aliphatic heterocycles. The molecular formula is C41H24N6. The summed E-state index contributed by atoms with van der Waals surface area (Å²) in [4.78, 5) is 14.3. The van der Waals surface area contributed by atoms with Crippen molar-refractivity contribution in [2.45, 2.75) is 0 Å². The zero-order chi connectivity index (χ0) is 30.6. The highest BCUT2D eigenvalue weighted by atomic mass is 15.0. The number of benzene rings is 5. The molecule has 6 aromatic heterocycles. The van der Waals surface area contributed by atoms with E-state index in [0.29, 0.717) is 0 Å². The van der Waals surface area contributed by atoms with Gasteiger partial charge in [-0.05, 0) is 60.7 Å². The van der Waals surface area contributed by atoms with Crippen LogP contribution in [0.5, 0.6) is 0 Å². The lowest BCUT2D eigenvalue weighted by molar-refractivity contribution is 1.17. The summed E-state index contributed by atoms with van der Waals surface area (Å²) in [5.74, 6) is 0. The van der Waals surface area contributed by atoms with Gasteiger partial charge in [-0.3, -0.25) is 14.4 Å². The van der Waals surface area contributed by atoms with E-state index in [9.17, 15) is 0 Å². The van der Waals surface area contributed by atoms with Crippen LogP contribution in [0.4, 0.5) is 0 Å². The van der Waals surface area contributed by atoms with Crippen LogP contribution in [0.3, 0.4) is 0 Å². The largest absolute Gasteiger partial charge is 0.309 e. The van der Waals surface area contributed by atoms with E-state index in [1.54, 1.807) is 0 Å². The topological polar surface area (TPSA) is 52.9 Å². The molecule has 0 aliphatic rings. The number of hydrogen-bond acceptors (Lipinski definition) is 3. The lowest BCUT2D eigenvalue weighted by Crippen LogP contribution is -1.95. The Labute approximate surface area is 267 Å². The number of fused-ring (bicyclic) bond motifs is 16. The van der Waals surface area contributed by atoms with Gasteiger partial charge in [0.2, 0.25) is 0 Å². The van der Waals surface area contributed by atoms with Crippen molar-refractivity contribution in [1.29, 1.82) is 0 Å². The predicted molar refractivity (Wildman–Crippen MR) is 192 cm³/mol. The summed E-state index contributed by atoms with van der Waals surface area (Å²) >= 11 is 0. The van der Waals surface area contributed by atoms with Crippen molar-refractivity contribution in [1.82, 2.24) is 28.5 Å². The number of imidazole rings is 1. The van der Waals surface area contributed by atoms with E-state index in [0.717, 1.165) is 55.2 Å². The zero-order valence-corrected chi connectivity index (χ0v) is 25.0. The minimum Gasteiger partial charge on any atom is -0.309 e. The number of para-hydroxylation sites is 3. The molecule has 0 amide bonds. The Balaban J connectivity index is 1.43. The Kier molecular flexibility index (Phi) is 4.75. The van der Waals surface area contributed by atoms with E-state index >= 15 is 0 Å². The van der Waals surface area contributed by atoms with E-state index in [1.165, 1.54) is 38.1 Å². The van der Waals surface area contributed by atoms with Gasteiger partial charge in [-0.15, -0.1) is 0 Å². The smallest absolute Gasteiger partial charge is 0.146 e. The van der Waals surface area contributed by atoms with Crippen molar-refractivity contribution in [3.05, 3.63) is 146 Å². The lowest BCUT2D eigenvalue weighted by Gasteiger charge is -2.11. The molecule has 0 spiro atoms. The van der Waals surface area contributed by atoms with Crippen molar-refractivity contribution in [3.8, 4) is 11.4 Å². The summed E-state index contributed by atoms with van der Waals surface area (Å²) in [6, 6.07) is 43.4. The molecule has 0 radical (unpaired) electrons. The predicted octanol–water partition coefficient (Wildman–Crippen LogP) is 9.78. The Morgan fingerprint density at radius 1 is 0.404 bits per heavy atom. The fraction of sp³-hybridized carbons (Fsp3) is 0. The number of hydrogen-bond donors (Lipinski definition) is 0. The molecule has 0 aliphatic carbocycles. The van der Waals surface area contributed by atoms with E-state index in [-0.39, 0.29) is 0 Å². The standard InChI is InChI=1S/C41H24N6/c1-3-9-25(10-4-1)45-32-14-8-7-13-27(32)39-35(45)17-15-28-38-34(46(40(28)39)26-11-5-2-6-12-26)18-16-29-37(38)30-23-42-22-20-33(30)47-36-24-43-21-19-31(36)44-41(29)47/h1-24H. The van der Waals surface area contributed by atoms with E-state index in [4.69, 9.17) is 4.98 Å². The maximum absolute atomic E-state index is 5.17.